The molecule has 2 unspecified atom stereocenters. The average molecular weight is 310 g/mol. The van der Waals surface area contributed by atoms with Gasteiger partial charge in [0.2, 0.25) is 11.8 Å². The molecule has 1 heterocycles. The van der Waals surface area contributed by atoms with Crippen molar-refractivity contribution in [2.75, 3.05) is 5.32 Å². The third-order valence-corrected chi connectivity index (χ3v) is 3.94. The summed E-state index contributed by atoms with van der Waals surface area (Å²) in [5, 5.41) is 2.68. The van der Waals surface area contributed by atoms with Gasteiger partial charge >= 0.3 is 0 Å². The van der Waals surface area contributed by atoms with Gasteiger partial charge in [0.1, 0.15) is 11.5 Å². The van der Waals surface area contributed by atoms with Crippen LogP contribution < -0.4 is 11.1 Å². The zero-order valence-corrected chi connectivity index (χ0v) is 12.8. The van der Waals surface area contributed by atoms with E-state index in [1.807, 2.05) is 12.1 Å². The monoisotopic (exact) mass is 310 g/mol. The fraction of sp³-hybridized carbons (Fsp3) is 0.222. The predicted molar refractivity (Wildman–Crippen MR) is 87.9 cm³/mol. The van der Waals surface area contributed by atoms with Crippen LogP contribution in [0.25, 0.3) is 6.08 Å². The lowest BCUT2D eigenvalue weighted by atomic mass is 10.2. The van der Waals surface area contributed by atoms with Crippen molar-refractivity contribution >= 4 is 23.6 Å². The summed E-state index contributed by atoms with van der Waals surface area (Å²) in [5.74, 6) is 1.99. The maximum atomic E-state index is 11.9. The minimum absolute atomic E-state index is 0.302. The molecule has 3 rings (SSSR count). The van der Waals surface area contributed by atoms with Gasteiger partial charge in [-0.05, 0) is 48.7 Å². The van der Waals surface area contributed by atoms with Crippen LogP contribution in [0.15, 0.2) is 46.9 Å². The molecule has 0 radical (unpaired) electrons. The highest BCUT2D eigenvalue weighted by atomic mass is 16.3. The SMILES string of the molecule is CC1CC1c1ccc(C=CC(=O)Nc2cccc(C(N)=O)c2)o1. The van der Waals surface area contributed by atoms with Gasteiger partial charge in [-0.1, -0.05) is 13.0 Å². The zero-order valence-electron chi connectivity index (χ0n) is 12.8. The second-order valence-corrected chi connectivity index (χ2v) is 5.83. The Morgan fingerprint density at radius 2 is 2.09 bits per heavy atom. The quantitative estimate of drug-likeness (QED) is 0.832. The molecular formula is C18H18N2O3. The molecular weight excluding hydrogens is 292 g/mol. The van der Waals surface area contributed by atoms with Gasteiger partial charge in [-0.3, -0.25) is 9.59 Å². The number of anilines is 1. The summed E-state index contributed by atoms with van der Waals surface area (Å²) in [7, 11) is 0. The Balaban J connectivity index is 1.61. The molecule has 23 heavy (non-hydrogen) atoms. The molecule has 0 saturated heterocycles. The molecule has 2 amide bonds. The van der Waals surface area contributed by atoms with Crippen LogP contribution in [0.4, 0.5) is 5.69 Å². The Morgan fingerprint density at radius 1 is 1.30 bits per heavy atom. The van der Waals surface area contributed by atoms with E-state index in [1.54, 1.807) is 24.3 Å². The largest absolute Gasteiger partial charge is 0.461 e. The number of nitrogens with two attached hydrogens (primary N) is 1. The number of carbonyl (C=O) groups excluding carboxylic acids is 2. The van der Waals surface area contributed by atoms with E-state index in [-0.39, 0.29) is 5.91 Å². The van der Waals surface area contributed by atoms with Crippen molar-refractivity contribution in [2.24, 2.45) is 11.7 Å². The number of benzene rings is 1. The van der Waals surface area contributed by atoms with E-state index < -0.39 is 5.91 Å². The Morgan fingerprint density at radius 3 is 2.78 bits per heavy atom. The van der Waals surface area contributed by atoms with E-state index in [0.717, 1.165) is 12.2 Å². The molecule has 0 aliphatic heterocycles. The predicted octanol–water partition coefficient (Wildman–Crippen LogP) is 3.15. The van der Waals surface area contributed by atoms with E-state index in [9.17, 15) is 9.59 Å². The van der Waals surface area contributed by atoms with Crippen molar-refractivity contribution < 1.29 is 14.0 Å². The normalized spacial score (nSPS) is 19.7. The standard InChI is InChI=1S/C18H18N2O3/c1-11-9-15(11)16-7-5-14(23-16)6-8-17(21)20-13-4-2-3-12(10-13)18(19)22/h2-8,10-11,15H,9H2,1H3,(H2,19,22)(H,20,21). The molecule has 0 bridgehead atoms. The van der Waals surface area contributed by atoms with Crippen LogP contribution in [0.1, 0.15) is 41.1 Å². The third kappa shape index (κ3) is 3.69. The number of hydrogen-bond donors (Lipinski definition) is 2. The van der Waals surface area contributed by atoms with Gasteiger partial charge in [-0.15, -0.1) is 0 Å². The number of nitrogens with one attached hydrogen (secondary N) is 1. The lowest BCUT2D eigenvalue weighted by molar-refractivity contribution is -0.111. The van der Waals surface area contributed by atoms with E-state index in [1.165, 1.54) is 12.1 Å². The lowest BCUT2D eigenvalue weighted by Crippen LogP contribution is -2.12. The second-order valence-electron chi connectivity index (χ2n) is 5.83. The maximum absolute atomic E-state index is 11.9. The Kier molecular flexibility index (Phi) is 4.02. The summed E-state index contributed by atoms with van der Waals surface area (Å²) in [5.41, 5.74) is 6.08. The van der Waals surface area contributed by atoms with Crippen LogP contribution in [-0.4, -0.2) is 11.8 Å². The van der Waals surface area contributed by atoms with E-state index in [4.69, 9.17) is 10.2 Å². The number of carbonyl (C=O) groups is 2. The summed E-state index contributed by atoms with van der Waals surface area (Å²) in [4.78, 5) is 23.0. The molecule has 5 nitrogen and oxygen atoms in total. The summed E-state index contributed by atoms with van der Waals surface area (Å²) < 4.78 is 5.70. The highest BCUT2D eigenvalue weighted by Crippen LogP contribution is 2.47. The van der Waals surface area contributed by atoms with Crippen LogP contribution in [0, 0.1) is 5.92 Å². The van der Waals surface area contributed by atoms with E-state index in [0.29, 0.717) is 28.8 Å². The van der Waals surface area contributed by atoms with Gasteiger partial charge in [0.25, 0.3) is 0 Å². The van der Waals surface area contributed by atoms with Gasteiger partial charge < -0.3 is 15.5 Å². The first-order valence-corrected chi connectivity index (χ1v) is 7.51. The van der Waals surface area contributed by atoms with Crippen molar-refractivity contribution in [3.8, 4) is 0 Å². The van der Waals surface area contributed by atoms with Crippen molar-refractivity contribution in [1.29, 1.82) is 0 Å². The van der Waals surface area contributed by atoms with Crippen LogP contribution in [-0.2, 0) is 4.79 Å². The smallest absolute Gasteiger partial charge is 0.248 e. The Bertz CT molecular complexity index is 776. The molecule has 1 aromatic carbocycles. The van der Waals surface area contributed by atoms with Crippen molar-refractivity contribution in [2.45, 2.75) is 19.3 Å². The number of primary amides is 1. The lowest BCUT2D eigenvalue weighted by Gasteiger charge is -2.03. The molecule has 118 valence electrons. The van der Waals surface area contributed by atoms with E-state index in [2.05, 4.69) is 12.2 Å². The second kappa shape index (κ2) is 6.12. The van der Waals surface area contributed by atoms with Crippen molar-refractivity contribution in [1.82, 2.24) is 0 Å². The molecule has 2 atom stereocenters. The fourth-order valence-electron chi connectivity index (χ4n) is 2.47. The Labute approximate surface area is 134 Å². The number of rotatable bonds is 5. The molecule has 1 aliphatic rings. The molecule has 2 aromatic rings. The fourth-order valence-corrected chi connectivity index (χ4v) is 2.47. The first-order chi connectivity index (χ1) is 11.0. The number of amides is 2. The molecule has 5 heteroatoms. The molecule has 0 spiro atoms. The van der Waals surface area contributed by atoms with Gasteiger partial charge in [0, 0.05) is 23.2 Å². The minimum atomic E-state index is -0.533. The summed E-state index contributed by atoms with van der Waals surface area (Å²) in [6.07, 6.45) is 4.19. The number of hydrogen-bond acceptors (Lipinski definition) is 3. The molecule has 1 aliphatic carbocycles. The molecule has 1 saturated carbocycles. The highest BCUT2D eigenvalue weighted by Gasteiger charge is 2.36. The van der Waals surface area contributed by atoms with Crippen molar-refractivity contribution in [3.05, 3.63) is 59.6 Å². The Hall–Kier alpha value is -2.82. The first kappa shape index (κ1) is 15.1. The van der Waals surface area contributed by atoms with Gasteiger partial charge in [-0.25, -0.2) is 0 Å². The van der Waals surface area contributed by atoms with Crippen LogP contribution >= 0.6 is 0 Å². The zero-order chi connectivity index (χ0) is 16.4. The summed E-state index contributed by atoms with van der Waals surface area (Å²) >= 11 is 0. The molecule has 1 fully saturated rings. The minimum Gasteiger partial charge on any atom is -0.461 e. The number of furan rings is 1. The molecule has 3 N–H and O–H groups in total. The van der Waals surface area contributed by atoms with Crippen LogP contribution in [0.2, 0.25) is 0 Å². The highest BCUT2D eigenvalue weighted by molar-refractivity contribution is 6.02. The third-order valence-electron chi connectivity index (χ3n) is 3.94. The maximum Gasteiger partial charge on any atom is 0.248 e. The average Bonchev–Trinajstić information content (AvgIpc) is 3.07. The molecule has 1 aromatic heterocycles. The summed E-state index contributed by atoms with van der Waals surface area (Å²) in [6.45, 7) is 2.19. The van der Waals surface area contributed by atoms with Crippen LogP contribution in [0.3, 0.4) is 0 Å². The topological polar surface area (TPSA) is 85.3 Å². The summed E-state index contributed by atoms with van der Waals surface area (Å²) in [6, 6.07) is 10.3. The van der Waals surface area contributed by atoms with Gasteiger partial charge in [0.05, 0.1) is 0 Å². The first-order valence-electron chi connectivity index (χ1n) is 7.51. The van der Waals surface area contributed by atoms with Gasteiger partial charge in [-0.2, -0.15) is 0 Å². The van der Waals surface area contributed by atoms with E-state index >= 15 is 0 Å². The van der Waals surface area contributed by atoms with Crippen molar-refractivity contribution in [3.63, 3.8) is 0 Å². The van der Waals surface area contributed by atoms with Crippen LogP contribution in [0.5, 0.6) is 0 Å². The van der Waals surface area contributed by atoms with Gasteiger partial charge in [0.15, 0.2) is 0 Å².